The quantitative estimate of drug-likeness (QED) is 0.691. The molecule has 2 aromatic heterocycles. The third kappa shape index (κ3) is 3.05. The first kappa shape index (κ1) is 17.5. The molecule has 3 aromatic rings. The van der Waals surface area contributed by atoms with E-state index >= 15 is 0 Å². The average molecular weight is 400 g/mol. The number of aromatic nitrogens is 2. The number of halogens is 1. The maximum atomic E-state index is 12.5. The lowest BCUT2D eigenvalue weighted by Crippen LogP contribution is -2.13. The number of fused-ring (bicyclic) bond motifs is 1. The van der Waals surface area contributed by atoms with Crippen molar-refractivity contribution >= 4 is 56.3 Å². The molecule has 27 heavy (non-hydrogen) atoms. The van der Waals surface area contributed by atoms with Gasteiger partial charge in [0.2, 0.25) is 0 Å². The van der Waals surface area contributed by atoms with Gasteiger partial charge in [0, 0.05) is 38.9 Å². The number of thiazole rings is 1. The molecule has 4 rings (SSSR count). The van der Waals surface area contributed by atoms with Crippen LogP contribution in [0.3, 0.4) is 0 Å². The first-order chi connectivity index (χ1) is 13.0. The van der Waals surface area contributed by atoms with Crippen LogP contribution in [0.15, 0.2) is 41.8 Å². The number of rotatable bonds is 4. The number of carboxylic acids is 1. The second kappa shape index (κ2) is 6.68. The highest BCUT2D eigenvalue weighted by atomic mass is 35.5. The first-order valence-electron chi connectivity index (χ1n) is 8.11. The van der Waals surface area contributed by atoms with Crippen molar-refractivity contribution in [3.05, 3.63) is 63.8 Å². The largest absolute Gasteiger partial charge is 0.477 e. The van der Waals surface area contributed by atoms with Gasteiger partial charge < -0.3 is 15.4 Å². The monoisotopic (exact) mass is 399 g/mol. The Kier molecular flexibility index (Phi) is 4.33. The normalized spacial score (nSPS) is 14.0. The van der Waals surface area contributed by atoms with Crippen molar-refractivity contribution in [1.82, 2.24) is 9.55 Å². The highest BCUT2D eigenvalue weighted by Gasteiger charge is 2.28. The molecule has 8 heteroatoms. The van der Waals surface area contributed by atoms with Gasteiger partial charge in [0.05, 0.1) is 12.2 Å². The molecule has 0 aliphatic heterocycles. The number of carbonyl (C=O) groups excluding carboxylic acids is 1. The zero-order valence-electron chi connectivity index (χ0n) is 14.0. The number of aromatic carboxylic acids is 1. The van der Waals surface area contributed by atoms with Gasteiger partial charge in [-0.15, -0.1) is 11.3 Å². The Hall–Kier alpha value is -2.90. The fraction of sp³-hybridized carbons (Fsp3) is 0.105. The number of carboxylic acid groups (broad SMARTS) is 1. The van der Waals surface area contributed by atoms with Crippen LogP contribution in [0.2, 0.25) is 5.02 Å². The van der Waals surface area contributed by atoms with Crippen LogP contribution in [0.5, 0.6) is 0 Å². The minimum absolute atomic E-state index is 0.0359. The fourth-order valence-corrected chi connectivity index (χ4v) is 4.03. The number of Topliss-reactive ketones (excluding diaryl/α,β-unsaturated/α-hetero) is 1. The number of nitrogens with two attached hydrogens (primary N) is 1. The molecule has 0 saturated heterocycles. The Labute approximate surface area is 163 Å². The molecule has 2 heterocycles. The molecular weight excluding hydrogens is 386 g/mol. The van der Waals surface area contributed by atoms with Gasteiger partial charge in [-0.05, 0) is 18.2 Å². The summed E-state index contributed by atoms with van der Waals surface area (Å²) in [5.74, 6) is -1.25. The molecular formula is C19H14ClN3O3S. The van der Waals surface area contributed by atoms with Crippen LogP contribution in [0.4, 0.5) is 5.13 Å². The molecule has 136 valence electrons. The molecule has 0 bridgehead atoms. The van der Waals surface area contributed by atoms with E-state index in [-0.39, 0.29) is 24.4 Å². The number of anilines is 1. The zero-order valence-corrected chi connectivity index (χ0v) is 15.5. The summed E-state index contributed by atoms with van der Waals surface area (Å²) in [6.45, 7) is 0.227. The molecule has 0 atom stereocenters. The lowest BCUT2D eigenvalue weighted by molar-refractivity contribution is -0.113. The van der Waals surface area contributed by atoms with Crippen LogP contribution in [0.1, 0.15) is 28.2 Å². The van der Waals surface area contributed by atoms with E-state index < -0.39 is 5.97 Å². The summed E-state index contributed by atoms with van der Waals surface area (Å²) >= 11 is 7.46. The summed E-state index contributed by atoms with van der Waals surface area (Å²) in [6, 6.07) is 5.15. The number of carbonyl (C=O) groups is 2. The summed E-state index contributed by atoms with van der Waals surface area (Å²) in [4.78, 5) is 28.9. The molecule has 1 aromatic carbocycles. The van der Waals surface area contributed by atoms with Crippen LogP contribution in [0.25, 0.3) is 16.5 Å². The van der Waals surface area contributed by atoms with E-state index in [0.717, 1.165) is 0 Å². The zero-order chi connectivity index (χ0) is 19.1. The number of hydrogen-bond donors (Lipinski definition) is 2. The third-order valence-corrected chi connectivity index (χ3v) is 5.35. The van der Waals surface area contributed by atoms with Gasteiger partial charge in [-0.2, -0.15) is 0 Å². The maximum Gasteiger partial charge on any atom is 0.353 e. The minimum Gasteiger partial charge on any atom is -0.477 e. The molecule has 0 amide bonds. The summed E-state index contributed by atoms with van der Waals surface area (Å²) < 4.78 is 1.64. The van der Waals surface area contributed by atoms with Gasteiger partial charge in [0.15, 0.2) is 10.9 Å². The SMILES string of the molecule is Nc1nc(Cn2c(C(=O)O)c(C3=CC=CCC3=O)c3cc(Cl)ccc32)cs1. The third-order valence-electron chi connectivity index (χ3n) is 4.39. The molecule has 3 N–H and O–H groups in total. The lowest BCUT2D eigenvalue weighted by Gasteiger charge is -2.10. The summed E-state index contributed by atoms with van der Waals surface area (Å²) in [7, 11) is 0. The van der Waals surface area contributed by atoms with E-state index in [1.807, 2.05) is 0 Å². The van der Waals surface area contributed by atoms with Crippen molar-refractivity contribution in [3.63, 3.8) is 0 Å². The Morgan fingerprint density at radius 1 is 1.41 bits per heavy atom. The second-order valence-electron chi connectivity index (χ2n) is 6.09. The van der Waals surface area contributed by atoms with Gasteiger partial charge in [-0.3, -0.25) is 4.79 Å². The van der Waals surface area contributed by atoms with E-state index in [4.69, 9.17) is 17.3 Å². The molecule has 0 fully saturated rings. The fourth-order valence-electron chi connectivity index (χ4n) is 3.31. The maximum absolute atomic E-state index is 12.5. The highest BCUT2D eigenvalue weighted by Crippen LogP contribution is 2.36. The number of benzene rings is 1. The number of hydrogen-bond acceptors (Lipinski definition) is 5. The summed E-state index contributed by atoms with van der Waals surface area (Å²) in [6.07, 6.45) is 5.40. The molecule has 0 unspecified atom stereocenters. The van der Waals surface area contributed by atoms with E-state index in [1.165, 1.54) is 11.3 Å². The lowest BCUT2D eigenvalue weighted by atomic mass is 9.93. The second-order valence-corrected chi connectivity index (χ2v) is 7.42. The Bertz CT molecular complexity index is 1160. The van der Waals surface area contributed by atoms with Crippen molar-refractivity contribution < 1.29 is 14.7 Å². The standard InChI is InChI=1S/C19H14ClN3O3S/c20-10-5-6-14-13(7-10)16(12-3-1-2-4-15(12)24)17(18(25)26)23(14)8-11-9-27-19(21)22-11/h1-3,5-7,9H,4,8H2,(H2,21,22)(H,25,26). The van der Waals surface area contributed by atoms with Crippen LogP contribution >= 0.6 is 22.9 Å². The number of ketones is 1. The Morgan fingerprint density at radius 2 is 2.22 bits per heavy atom. The van der Waals surface area contributed by atoms with Crippen molar-refractivity contribution in [2.24, 2.45) is 0 Å². The van der Waals surface area contributed by atoms with Crippen LogP contribution in [-0.2, 0) is 11.3 Å². The molecule has 0 spiro atoms. The number of allylic oxidation sites excluding steroid dienone is 4. The number of nitrogens with zero attached hydrogens (tertiary/aromatic N) is 2. The van der Waals surface area contributed by atoms with Crippen molar-refractivity contribution in [2.45, 2.75) is 13.0 Å². The Morgan fingerprint density at radius 3 is 2.89 bits per heavy atom. The highest BCUT2D eigenvalue weighted by molar-refractivity contribution is 7.13. The van der Waals surface area contributed by atoms with Crippen LogP contribution in [0, 0.1) is 0 Å². The summed E-state index contributed by atoms with van der Waals surface area (Å²) in [5.41, 5.74) is 7.83. The molecule has 1 aliphatic rings. The molecule has 1 aliphatic carbocycles. The molecule has 6 nitrogen and oxygen atoms in total. The average Bonchev–Trinajstić information content (AvgIpc) is 3.17. The molecule has 0 saturated carbocycles. The van der Waals surface area contributed by atoms with Gasteiger partial charge >= 0.3 is 5.97 Å². The van der Waals surface area contributed by atoms with E-state index in [2.05, 4.69) is 4.98 Å². The van der Waals surface area contributed by atoms with Crippen LogP contribution in [-0.4, -0.2) is 26.4 Å². The van der Waals surface area contributed by atoms with E-state index in [9.17, 15) is 14.7 Å². The summed E-state index contributed by atoms with van der Waals surface area (Å²) in [5, 5.41) is 13.3. The van der Waals surface area contributed by atoms with Crippen molar-refractivity contribution in [1.29, 1.82) is 0 Å². The predicted octanol–water partition coefficient (Wildman–Crippen LogP) is 3.99. The number of nitrogen functional groups attached to an aromatic ring is 1. The van der Waals surface area contributed by atoms with Gasteiger partial charge in [0.25, 0.3) is 0 Å². The van der Waals surface area contributed by atoms with Crippen molar-refractivity contribution in [3.8, 4) is 0 Å². The minimum atomic E-state index is -1.12. The van der Waals surface area contributed by atoms with Gasteiger partial charge in [-0.25, -0.2) is 9.78 Å². The predicted molar refractivity (Wildman–Crippen MR) is 106 cm³/mol. The van der Waals surface area contributed by atoms with E-state index in [0.29, 0.717) is 37.9 Å². The van der Waals surface area contributed by atoms with Gasteiger partial charge in [-0.1, -0.05) is 29.8 Å². The van der Waals surface area contributed by atoms with Crippen molar-refractivity contribution in [2.75, 3.05) is 5.73 Å². The molecule has 0 radical (unpaired) electrons. The van der Waals surface area contributed by atoms with Crippen LogP contribution < -0.4 is 5.73 Å². The van der Waals surface area contributed by atoms with E-state index in [1.54, 1.807) is 46.4 Å². The first-order valence-corrected chi connectivity index (χ1v) is 9.37. The Balaban J connectivity index is 2.04. The topological polar surface area (TPSA) is 98.2 Å². The smallest absolute Gasteiger partial charge is 0.353 e. The van der Waals surface area contributed by atoms with Gasteiger partial charge in [0.1, 0.15) is 5.69 Å².